The predicted octanol–water partition coefficient (Wildman–Crippen LogP) is 2.74. The fourth-order valence-corrected chi connectivity index (χ4v) is 2.09. The van der Waals surface area contributed by atoms with Gasteiger partial charge in [0.25, 0.3) is 5.91 Å². The molecule has 0 atom stereocenters. The summed E-state index contributed by atoms with van der Waals surface area (Å²) >= 11 is 0. The standard InChI is InChI=1S/C16H18F2N2O4.ClH/c1-22-13-3-2-10(6-14(13)24-16(17)18)4-5-20-15(21)11-7-12(8-19)23-9-11;/h2-3,6-7,9,16H,4-5,8,19H2,1H3,(H,20,21);1H. The lowest BCUT2D eigenvalue weighted by Gasteiger charge is -2.11. The molecule has 1 aromatic carbocycles. The van der Waals surface area contributed by atoms with E-state index in [2.05, 4.69) is 10.1 Å². The molecule has 3 N–H and O–H groups in total. The first kappa shape index (κ1) is 20.7. The highest BCUT2D eigenvalue weighted by molar-refractivity contribution is 5.93. The Morgan fingerprint density at radius 2 is 2.08 bits per heavy atom. The van der Waals surface area contributed by atoms with Gasteiger partial charge in [0, 0.05) is 6.54 Å². The number of ether oxygens (including phenoxy) is 2. The zero-order chi connectivity index (χ0) is 17.5. The van der Waals surface area contributed by atoms with Crippen molar-refractivity contribution in [2.24, 2.45) is 5.73 Å². The summed E-state index contributed by atoms with van der Waals surface area (Å²) in [6.45, 7) is -2.40. The van der Waals surface area contributed by atoms with E-state index in [4.69, 9.17) is 14.9 Å². The smallest absolute Gasteiger partial charge is 0.387 e. The van der Waals surface area contributed by atoms with Crippen LogP contribution < -0.4 is 20.5 Å². The van der Waals surface area contributed by atoms with Crippen molar-refractivity contribution in [2.45, 2.75) is 19.6 Å². The van der Waals surface area contributed by atoms with Gasteiger partial charge in [0.1, 0.15) is 12.0 Å². The fraction of sp³-hybridized carbons (Fsp3) is 0.312. The summed E-state index contributed by atoms with van der Waals surface area (Å²) in [6.07, 6.45) is 1.77. The average Bonchev–Trinajstić information content (AvgIpc) is 3.03. The van der Waals surface area contributed by atoms with Crippen LogP contribution in [0, 0.1) is 0 Å². The first-order valence-corrected chi connectivity index (χ1v) is 7.21. The SMILES string of the molecule is COc1ccc(CCNC(=O)c2coc(CN)c2)cc1OC(F)F.Cl. The number of amides is 1. The number of nitrogens with one attached hydrogen (secondary N) is 1. The number of furan rings is 1. The maximum atomic E-state index is 12.4. The van der Waals surface area contributed by atoms with Crippen molar-refractivity contribution in [3.8, 4) is 11.5 Å². The summed E-state index contributed by atoms with van der Waals surface area (Å²) in [5.74, 6) is 0.398. The van der Waals surface area contributed by atoms with Gasteiger partial charge >= 0.3 is 6.61 Å². The summed E-state index contributed by atoms with van der Waals surface area (Å²) in [7, 11) is 1.37. The predicted molar refractivity (Wildman–Crippen MR) is 89.5 cm³/mol. The van der Waals surface area contributed by atoms with E-state index < -0.39 is 6.61 Å². The number of carbonyl (C=O) groups excluding carboxylic acids is 1. The molecule has 138 valence electrons. The van der Waals surface area contributed by atoms with Crippen LogP contribution in [0.4, 0.5) is 8.78 Å². The fourth-order valence-electron chi connectivity index (χ4n) is 2.09. The van der Waals surface area contributed by atoms with Crippen molar-refractivity contribution >= 4 is 18.3 Å². The van der Waals surface area contributed by atoms with Gasteiger partial charge in [0.05, 0.1) is 19.2 Å². The van der Waals surface area contributed by atoms with E-state index in [-0.39, 0.29) is 36.4 Å². The van der Waals surface area contributed by atoms with Crippen LogP contribution in [0.2, 0.25) is 0 Å². The third-order valence-electron chi connectivity index (χ3n) is 3.26. The highest BCUT2D eigenvalue weighted by atomic mass is 35.5. The number of hydrogen-bond acceptors (Lipinski definition) is 5. The van der Waals surface area contributed by atoms with Crippen molar-refractivity contribution in [1.82, 2.24) is 5.32 Å². The number of carbonyl (C=O) groups is 1. The lowest BCUT2D eigenvalue weighted by atomic mass is 10.1. The zero-order valence-electron chi connectivity index (χ0n) is 13.5. The molecule has 0 saturated carbocycles. The molecule has 0 spiro atoms. The molecule has 0 aliphatic rings. The molecule has 0 unspecified atom stereocenters. The van der Waals surface area contributed by atoms with Crippen molar-refractivity contribution in [3.05, 3.63) is 47.4 Å². The van der Waals surface area contributed by atoms with Gasteiger partial charge in [-0.1, -0.05) is 6.07 Å². The van der Waals surface area contributed by atoms with Crippen LogP contribution in [-0.4, -0.2) is 26.2 Å². The van der Waals surface area contributed by atoms with Crippen LogP contribution in [0.3, 0.4) is 0 Å². The molecule has 0 aliphatic heterocycles. The molecule has 1 aromatic heterocycles. The molecule has 0 aliphatic carbocycles. The molecule has 0 radical (unpaired) electrons. The van der Waals surface area contributed by atoms with Gasteiger partial charge in [-0.15, -0.1) is 12.4 Å². The summed E-state index contributed by atoms with van der Waals surface area (Å²) in [6, 6.07) is 6.28. The second-order valence-electron chi connectivity index (χ2n) is 4.88. The Hall–Kier alpha value is -2.32. The highest BCUT2D eigenvalue weighted by Gasteiger charge is 2.12. The minimum atomic E-state index is -2.94. The number of methoxy groups -OCH3 is 1. The normalized spacial score (nSPS) is 10.3. The molecule has 0 saturated heterocycles. The maximum Gasteiger partial charge on any atom is 0.387 e. The molecule has 9 heteroatoms. The van der Waals surface area contributed by atoms with Gasteiger partial charge in [-0.25, -0.2) is 0 Å². The Kier molecular flexibility index (Phi) is 8.17. The van der Waals surface area contributed by atoms with E-state index in [1.165, 1.54) is 19.4 Å². The van der Waals surface area contributed by atoms with E-state index in [1.54, 1.807) is 18.2 Å². The van der Waals surface area contributed by atoms with Crippen LogP contribution in [0.5, 0.6) is 11.5 Å². The van der Waals surface area contributed by atoms with Gasteiger partial charge in [-0.3, -0.25) is 4.79 Å². The molecular formula is C16H19ClF2N2O4. The minimum Gasteiger partial charge on any atom is -0.493 e. The van der Waals surface area contributed by atoms with Gasteiger partial charge < -0.3 is 24.9 Å². The third-order valence-corrected chi connectivity index (χ3v) is 3.26. The number of benzene rings is 1. The van der Waals surface area contributed by atoms with E-state index in [0.29, 0.717) is 24.3 Å². The Bertz CT molecular complexity index is 695. The number of halogens is 3. The van der Waals surface area contributed by atoms with Crippen molar-refractivity contribution in [2.75, 3.05) is 13.7 Å². The van der Waals surface area contributed by atoms with Crippen molar-refractivity contribution < 1.29 is 27.5 Å². The van der Waals surface area contributed by atoms with Gasteiger partial charge in [-0.05, 0) is 30.2 Å². The maximum absolute atomic E-state index is 12.4. The summed E-state index contributed by atoms with van der Waals surface area (Å²) in [5, 5.41) is 2.71. The molecule has 2 aromatic rings. The monoisotopic (exact) mass is 376 g/mol. The summed E-state index contributed by atoms with van der Waals surface area (Å²) in [4.78, 5) is 11.9. The van der Waals surface area contributed by atoms with Crippen molar-refractivity contribution in [1.29, 1.82) is 0 Å². The van der Waals surface area contributed by atoms with Crippen LogP contribution >= 0.6 is 12.4 Å². The lowest BCUT2D eigenvalue weighted by Crippen LogP contribution is -2.25. The number of nitrogens with two attached hydrogens (primary N) is 1. The molecule has 1 amide bonds. The minimum absolute atomic E-state index is 0. The average molecular weight is 377 g/mol. The Labute approximate surface area is 149 Å². The molecule has 2 rings (SSSR count). The number of alkyl halides is 2. The molecule has 0 fully saturated rings. The first-order valence-electron chi connectivity index (χ1n) is 7.21. The molecule has 6 nitrogen and oxygen atoms in total. The number of hydrogen-bond donors (Lipinski definition) is 2. The Morgan fingerprint density at radius 3 is 2.68 bits per heavy atom. The van der Waals surface area contributed by atoms with Gasteiger partial charge in [0.15, 0.2) is 11.5 Å². The van der Waals surface area contributed by atoms with Crippen LogP contribution in [-0.2, 0) is 13.0 Å². The first-order chi connectivity index (χ1) is 11.5. The van der Waals surface area contributed by atoms with Crippen LogP contribution in [0.25, 0.3) is 0 Å². The Morgan fingerprint density at radius 1 is 1.32 bits per heavy atom. The molecular weight excluding hydrogens is 358 g/mol. The van der Waals surface area contributed by atoms with Crippen molar-refractivity contribution in [3.63, 3.8) is 0 Å². The largest absolute Gasteiger partial charge is 0.493 e. The Balaban J connectivity index is 0.00000312. The zero-order valence-corrected chi connectivity index (χ0v) is 14.3. The number of rotatable bonds is 8. The van der Waals surface area contributed by atoms with E-state index in [0.717, 1.165) is 5.56 Å². The quantitative estimate of drug-likeness (QED) is 0.739. The molecule has 25 heavy (non-hydrogen) atoms. The topological polar surface area (TPSA) is 86.7 Å². The summed E-state index contributed by atoms with van der Waals surface area (Å²) < 4.78 is 39.3. The molecule has 0 bridgehead atoms. The van der Waals surface area contributed by atoms with E-state index in [9.17, 15) is 13.6 Å². The van der Waals surface area contributed by atoms with Crippen LogP contribution in [0.15, 0.2) is 34.9 Å². The lowest BCUT2D eigenvalue weighted by molar-refractivity contribution is -0.0512. The highest BCUT2D eigenvalue weighted by Crippen LogP contribution is 2.29. The van der Waals surface area contributed by atoms with Gasteiger partial charge in [-0.2, -0.15) is 8.78 Å². The van der Waals surface area contributed by atoms with E-state index >= 15 is 0 Å². The molecule has 1 heterocycles. The van der Waals surface area contributed by atoms with Crippen LogP contribution in [0.1, 0.15) is 21.7 Å². The summed E-state index contributed by atoms with van der Waals surface area (Å²) in [5.41, 5.74) is 6.52. The van der Waals surface area contributed by atoms with Gasteiger partial charge in [0.2, 0.25) is 0 Å². The second-order valence-corrected chi connectivity index (χ2v) is 4.88. The third kappa shape index (κ3) is 5.91. The van der Waals surface area contributed by atoms with E-state index in [1.807, 2.05) is 0 Å². The second kappa shape index (κ2) is 9.85.